The van der Waals surface area contributed by atoms with E-state index in [4.69, 9.17) is 0 Å². The summed E-state index contributed by atoms with van der Waals surface area (Å²) >= 11 is 0. The minimum atomic E-state index is -3.33. The summed E-state index contributed by atoms with van der Waals surface area (Å²) in [7, 11) is 0.485. The first-order valence-electron chi connectivity index (χ1n) is 8.48. The Balaban J connectivity index is 1.70. The molecule has 1 aliphatic carbocycles. The number of hydrogen-bond donors (Lipinski definition) is 0. The predicted octanol–water partition coefficient (Wildman–Crippen LogP) is 1.16. The minimum Gasteiger partial charge on any atom is -0.361 e. The summed E-state index contributed by atoms with van der Waals surface area (Å²) in [4.78, 5) is 6.77. The van der Waals surface area contributed by atoms with Crippen molar-refractivity contribution >= 4 is 16.0 Å². The van der Waals surface area contributed by atoms with Crippen LogP contribution >= 0.6 is 0 Å². The summed E-state index contributed by atoms with van der Waals surface area (Å²) in [6.45, 7) is 3.03. The number of nitrogens with zero attached hydrogens (tertiary/aromatic N) is 4. The van der Waals surface area contributed by atoms with Crippen molar-refractivity contribution in [2.45, 2.75) is 44.6 Å². The third-order valence-corrected chi connectivity index (χ3v) is 7.39. The average molecular weight is 328 g/mol. The number of aliphatic imine (C=N–C) groups is 1. The summed E-state index contributed by atoms with van der Waals surface area (Å²) in [5.74, 6) is 1.36. The topological polar surface area (TPSA) is 56.2 Å². The van der Waals surface area contributed by atoms with Crippen molar-refractivity contribution in [2.24, 2.45) is 10.9 Å². The van der Waals surface area contributed by atoms with Gasteiger partial charge in [0.1, 0.15) is 5.84 Å². The minimum absolute atomic E-state index is 0.192. The van der Waals surface area contributed by atoms with E-state index in [0.29, 0.717) is 13.1 Å². The fraction of sp³-hybridized carbons (Fsp3) is 0.933. The van der Waals surface area contributed by atoms with Gasteiger partial charge in [0.2, 0.25) is 0 Å². The quantitative estimate of drug-likeness (QED) is 0.778. The van der Waals surface area contributed by atoms with Crippen molar-refractivity contribution in [1.29, 1.82) is 0 Å². The molecule has 3 rings (SSSR count). The number of piperidine rings is 1. The van der Waals surface area contributed by atoms with Gasteiger partial charge in [0.05, 0.1) is 6.54 Å². The Labute approximate surface area is 134 Å². The van der Waals surface area contributed by atoms with Gasteiger partial charge in [-0.15, -0.1) is 0 Å². The highest BCUT2D eigenvalue weighted by Crippen LogP contribution is 2.28. The van der Waals surface area contributed by atoms with E-state index in [0.717, 1.165) is 57.5 Å². The van der Waals surface area contributed by atoms with E-state index in [-0.39, 0.29) is 12.0 Å². The second-order valence-corrected chi connectivity index (χ2v) is 8.81. The smallest absolute Gasteiger partial charge is 0.281 e. The van der Waals surface area contributed by atoms with E-state index in [2.05, 4.69) is 16.9 Å². The molecule has 0 N–H and O–H groups in total. The Hall–Kier alpha value is -0.660. The van der Waals surface area contributed by atoms with Gasteiger partial charge in [-0.3, -0.25) is 4.99 Å². The van der Waals surface area contributed by atoms with Crippen LogP contribution in [0.25, 0.3) is 0 Å². The molecule has 7 heteroatoms. The molecule has 6 nitrogen and oxygen atoms in total. The molecule has 0 amide bonds. The van der Waals surface area contributed by atoms with Crippen molar-refractivity contribution < 1.29 is 8.42 Å². The highest BCUT2D eigenvalue weighted by atomic mass is 32.2. The molecule has 1 saturated heterocycles. The number of likely N-dealkylation sites (N-methyl/N-ethyl adjacent to an activating group) is 1. The molecule has 2 fully saturated rings. The number of hydrogen-bond acceptors (Lipinski definition) is 4. The lowest BCUT2D eigenvalue weighted by molar-refractivity contribution is 0.266. The molecule has 2 heterocycles. The van der Waals surface area contributed by atoms with Crippen LogP contribution in [-0.2, 0) is 10.2 Å². The van der Waals surface area contributed by atoms with Gasteiger partial charge in [0.25, 0.3) is 10.2 Å². The first-order valence-corrected chi connectivity index (χ1v) is 9.88. The van der Waals surface area contributed by atoms with Gasteiger partial charge in [0.15, 0.2) is 0 Å². The molecular formula is C15H28N4O2S. The Kier molecular flexibility index (Phi) is 4.75. The molecule has 2 aliphatic heterocycles. The van der Waals surface area contributed by atoms with Crippen LogP contribution in [0.5, 0.6) is 0 Å². The van der Waals surface area contributed by atoms with Crippen molar-refractivity contribution in [1.82, 2.24) is 13.5 Å². The van der Waals surface area contributed by atoms with Gasteiger partial charge in [-0.1, -0.05) is 12.8 Å². The van der Waals surface area contributed by atoms with E-state index in [1.165, 1.54) is 0 Å². The molecule has 3 aliphatic rings. The van der Waals surface area contributed by atoms with Crippen molar-refractivity contribution in [3.05, 3.63) is 0 Å². The van der Waals surface area contributed by atoms with Crippen LogP contribution in [0.2, 0.25) is 0 Å². The summed E-state index contributed by atoms with van der Waals surface area (Å²) in [5.41, 5.74) is 0. The summed E-state index contributed by atoms with van der Waals surface area (Å²) in [6.07, 6.45) is 6.27. The lowest BCUT2D eigenvalue weighted by Crippen LogP contribution is -2.51. The number of rotatable bonds is 4. The Morgan fingerprint density at radius 1 is 1.14 bits per heavy atom. The lowest BCUT2D eigenvalue weighted by Gasteiger charge is -2.37. The van der Waals surface area contributed by atoms with Crippen LogP contribution in [-0.4, -0.2) is 74.1 Å². The normalized spacial score (nSPS) is 28.6. The first kappa shape index (κ1) is 16.2. The van der Waals surface area contributed by atoms with Crippen LogP contribution < -0.4 is 0 Å². The number of amidine groups is 1. The van der Waals surface area contributed by atoms with Crippen LogP contribution in [0.4, 0.5) is 0 Å². The van der Waals surface area contributed by atoms with Crippen LogP contribution in [0, 0.1) is 5.92 Å². The van der Waals surface area contributed by atoms with Crippen LogP contribution in [0.15, 0.2) is 4.99 Å². The fourth-order valence-electron chi connectivity index (χ4n) is 3.99. The van der Waals surface area contributed by atoms with Crippen LogP contribution in [0.1, 0.15) is 38.5 Å². The monoisotopic (exact) mass is 328 g/mol. The molecule has 1 atom stereocenters. The van der Waals surface area contributed by atoms with E-state index in [1.807, 2.05) is 0 Å². The maximum Gasteiger partial charge on any atom is 0.281 e. The van der Waals surface area contributed by atoms with Gasteiger partial charge in [-0.2, -0.15) is 17.0 Å². The zero-order chi connectivity index (χ0) is 15.7. The predicted molar refractivity (Wildman–Crippen MR) is 88.2 cm³/mol. The van der Waals surface area contributed by atoms with E-state index >= 15 is 0 Å². The second-order valence-electron chi connectivity index (χ2n) is 6.82. The van der Waals surface area contributed by atoms with Gasteiger partial charge >= 0.3 is 0 Å². The lowest BCUT2D eigenvalue weighted by atomic mass is 9.98. The third kappa shape index (κ3) is 3.03. The van der Waals surface area contributed by atoms with E-state index in [1.54, 1.807) is 15.7 Å². The van der Waals surface area contributed by atoms with Gasteiger partial charge in [0, 0.05) is 45.7 Å². The van der Waals surface area contributed by atoms with Gasteiger partial charge in [-0.25, -0.2) is 0 Å². The summed E-state index contributed by atoms with van der Waals surface area (Å²) in [5, 5.41) is 0. The maximum atomic E-state index is 12.9. The molecule has 0 radical (unpaired) electrons. The Morgan fingerprint density at radius 3 is 2.50 bits per heavy atom. The summed E-state index contributed by atoms with van der Waals surface area (Å²) < 4.78 is 29.1. The van der Waals surface area contributed by atoms with Crippen molar-refractivity contribution in [3.8, 4) is 0 Å². The maximum absolute atomic E-state index is 12.9. The van der Waals surface area contributed by atoms with Gasteiger partial charge < -0.3 is 4.90 Å². The Morgan fingerprint density at radius 2 is 1.86 bits per heavy atom. The van der Waals surface area contributed by atoms with E-state index < -0.39 is 10.2 Å². The molecule has 1 unspecified atom stereocenters. The van der Waals surface area contributed by atoms with Crippen molar-refractivity contribution in [2.75, 3.05) is 40.3 Å². The largest absolute Gasteiger partial charge is 0.361 e. The first-order chi connectivity index (χ1) is 10.5. The molecule has 22 heavy (non-hydrogen) atoms. The SMILES string of the molecule is CN1CCN=C1C1CCCN(S(=O)(=O)N(C)C2CCCC2)C1. The second kappa shape index (κ2) is 6.45. The third-order valence-electron chi connectivity index (χ3n) is 5.38. The summed E-state index contributed by atoms with van der Waals surface area (Å²) in [6, 6.07) is 0.192. The zero-order valence-corrected chi connectivity index (χ0v) is 14.6. The molecule has 0 aromatic heterocycles. The van der Waals surface area contributed by atoms with Crippen LogP contribution in [0.3, 0.4) is 0 Å². The highest BCUT2D eigenvalue weighted by Gasteiger charge is 2.38. The highest BCUT2D eigenvalue weighted by molar-refractivity contribution is 7.86. The van der Waals surface area contributed by atoms with E-state index in [9.17, 15) is 8.42 Å². The molecule has 0 spiro atoms. The molecule has 0 bridgehead atoms. The molecule has 0 aromatic rings. The Bertz CT molecular complexity index is 528. The van der Waals surface area contributed by atoms with Gasteiger partial charge in [-0.05, 0) is 25.7 Å². The standard InChI is InChI=1S/C15H28N4O2S/c1-17-11-9-16-15(17)13-6-5-10-19(12-13)22(20,21)18(2)14-7-3-4-8-14/h13-14H,3-12H2,1-2H3. The molecule has 0 aromatic carbocycles. The van der Waals surface area contributed by atoms with Crippen molar-refractivity contribution in [3.63, 3.8) is 0 Å². The molecule has 126 valence electrons. The fourth-order valence-corrected chi connectivity index (χ4v) is 5.67. The average Bonchev–Trinajstić information content (AvgIpc) is 3.17. The molecule has 1 saturated carbocycles. The zero-order valence-electron chi connectivity index (χ0n) is 13.7. The molecular weight excluding hydrogens is 300 g/mol.